The van der Waals surface area contributed by atoms with Gasteiger partial charge in [-0.2, -0.15) is 0 Å². The lowest BCUT2D eigenvalue weighted by atomic mass is 10.1. The number of aromatic nitrogens is 2. The molecule has 0 aliphatic carbocycles. The van der Waals surface area contributed by atoms with Crippen LogP contribution in [0.4, 0.5) is 5.13 Å². The summed E-state index contributed by atoms with van der Waals surface area (Å²) in [6, 6.07) is 0. The monoisotopic (exact) mass is 314 g/mol. The van der Waals surface area contributed by atoms with Crippen LogP contribution in [0.2, 0.25) is 0 Å². The number of rotatable bonds is 7. The van der Waals surface area contributed by atoms with Crippen molar-refractivity contribution in [2.75, 3.05) is 38.2 Å². The molecule has 7 nitrogen and oxygen atoms in total. The molecule has 118 valence electrons. The number of piperidine rings is 1. The molecule has 1 saturated heterocycles. The van der Waals surface area contributed by atoms with Crippen LogP contribution < -0.4 is 5.32 Å². The minimum Gasteiger partial charge on any atom is -0.394 e. The third-order valence-corrected chi connectivity index (χ3v) is 4.18. The van der Waals surface area contributed by atoms with Gasteiger partial charge < -0.3 is 20.1 Å². The van der Waals surface area contributed by atoms with Crippen LogP contribution in [-0.2, 0) is 4.74 Å². The molecule has 2 N–H and O–H groups in total. The van der Waals surface area contributed by atoms with Crippen molar-refractivity contribution in [2.45, 2.75) is 32.3 Å². The fourth-order valence-corrected chi connectivity index (χ4v) is 2.93. The number of aliphatic hydroxyl groups excluding tert-OH is 1. The Balaban J connectivity index is 1.82. The van der Waals surface area contributed by atoms with E-state index >= 15 is 0 Å². The summed E-state index contributed by atoms with van der Waals surface area (Å²) in [4.78, 5) is 14.1. The Hall–Kier alpha value is -1.25. The number of aliphatic hydroxyl groups is 1. The molecule has 1 aromatic heterocycles. The number of amides is 1. The average molecular weight is 314 g/mol. The van der Waals surface area contributed by atoms with Gasteiger partial charge in [0.05, 0.1) is 19.3 Å². The maximum atomic E-state index is 12.3. The Bertz CT molecular complexity index is 446. The van der Waals surface area contributed by atoms with Crippen LogP contribution in [0.15, 0.2) is 0 Å². The van der Waals surface area contributed by atoms with Crippen molar-refractivity contribution in [1.82, 2.24) is 15.1 Å². The third kappa shape index (κ3) is 4.62. The molecule has 0 unspecified atom stereocenters. The Morgan fingerprint density at radius 2 is 2.24 bits per heavy atom. The highest BCUT2D eigenvalue weighted by Gasteiger charge is 2.26. The second-order valence-corrected chi connectivity index (χ2v) is 5.90. The van der Waals surface area contributed by atoms with Crippen molar-refractivity contribution in [1.29, 1.82) is 0 Å². The molecule has 21 heavy (non-hydrogen) atoms. The predicted octanol–water partition coefficient (Wildman–Crippen LogP) is 0.973. The van der Waals surface area contributed by atoms with E-state index in [0.717, 1.165) is 25.8 Å². The van der Waals surface area contributed by atoms with E-state index in [2.05, 4.69) is 22.4 Å². The van der Waals surface area contributed by atoms with E-state index < -0.39 is 0 Å². The summed E-state index contributed by atoms with van der Waals surface area (Å²) < 4.78 is 5.49. The summed E-state index contributed by atoms with van der Waals surface area (Å²) in [7, 11) is 0. The summed E-state index contributed by atoms with van der Waals surface area (Å²) in [5.74, 6) is -0.0577. The largest absolute Gasteiger partial charge is 0.394 e. The molecule has 1 aromatic rings. The van der Waals surface area contributed by atoms with Crippen molar-refractivity contribution in [3.8, 4) is 0 Å². The highest BCUT2D eigenvalue weighted by molar-refractivity contribution is 7.17. The summed E-state index contributed by atoms with van der Waals surface area (Å²) in [6.45, 7) is 4.62. The fraction of sp³-hybridized carbons (Fsp3) is 0.769. The molecular formula is C13H22N4O3S. The fourth-order valence-electron chi connectivity index (χ4n) is 2.19. The number of hydrogen-bond donors (Lipinski definition) is 2. The van der Waals surface area contributed by atoms with Crippen LogP contribution in [0, 0.1) is 0 Å². The van der Waals surface area contributed by atoms with Crippen LogP contribution in [0.5, 0.6) is 0 Å². The highest BCUT2D eigenvalue weighted by atomic mass is 32.1. The molecule has 0 radical (unpaired) electrons. The lowest BCUT2D eigenvalue weighted by Gasteiger charge is -2.31. The van der Waals surface area contributed by atoms with Crippen molar-refractivity contribution in [3.63, 3.8) is 0 Å². The van der Waals surface area contributed by atoms with Gasteiger partial charge in [0.15, 0.2) is 0 Å². The molecule has 1 aliphatic heterocycles. The topological polar surface area (TPSA) is 87.6 Å². The number of carbonyl (C=O) groups excluding carboxylic acids is 1. The molecule has 0 aromatic carbocycles. The van der Waals surface area contributed by atoms with Gasteiger partial charge in [-0.1, -0.05) is 18.3 Å². The van der Waals surface area contributed by atoms with Crippen LogP contribution in [0.3, 0.4) is 0 Å². The summed E-state index contributed by atoms with van der Waals surface area (Å²) in [6.07, 6.45) is 2.73. The molecule has 0 bridgehead atoms. The standard InChI is InChI=1S/C13H22N4O3S/c1-2-5-14-13-16-15-11(21-13)12(19)17-6-3-10(4-7-17)20-9-8-18/h10,18H,2-9H2,1H3,(H,14,16). The minimum absolute atomic E-state index is 0.0392. The van der Waals surface area contributed by atoms with E-state index in [9.17, 15) is 4.79 Å². The van der Waals surface area contributed by atoms with E-state index in [1.165, 1.54) is 11.3 Å². The third-order valence-electron chi connectivity index (χ3n) is 3.31. The predicted molar refractivity (Wildman–Crippen MR) is 80.7 cm³/mol. The van der Waals surface area contributed by atoms with Gasteiger partial charge >= 0.3 is 0 Å². The Labute approximate surface area is 128 Å². The average Bonchev–Trinajstić information content (AvgIpc) is 2.99. The van der Waals surface area contributed by atoms with E-state index in [1.54, 1.807) is 4.90 Å². The van der Waals surface area contributed by atoms with E-state index in [4.69, 9.17) is 9.84 Å². The molecule has 0 spiro atoms. The second kappa shape index (κ2) is 8.26. The van der Waals surface area contributed by atoms with E-state index in [1.807, 2.05) is 0 Å². The lowest BCUT2D eigenvalue weighted by molar-refractivity contribution is -0.00556. The zero-order valence-corrected chi connectivity index (χ0v) is 13.1. The van der Waals surface area contributed by atoms with Crippen LogP contribution >= 0.6 is 11.3 Å². The summed E-state index contributed by atoms with van der Waals surface area (Å²) >= 11 is 1.30. The van der Waals surface area contributed by atoms with Gasteiger partial charge in [-0.3, -0.25) is 4.79 Å². The van der Waals surface area contributed by atoms with Crippen molar-refractivity contribution >= 4 is 22.4 Å². The SMILES string of the molecule is CCCNc1nnc(C(=O)N2CCC(OCCO)CC2)s1. The summed E-state index contributed by atoms with van der Waals surface area (Å²) in [5.41, 5.74) is 0. The van der Waals surface area contributed by atoms with Crippen LogP contribution in [0.1, 0.15) is 36.0 Å². The molecule has 1 fully saturated rings. The molecule has 0 saturated carbocycles. The first-order valence-corrected chi connectivity index (χ1v) is 8.15. The van der Waals surface area contributed by atoms with Gasteiger partial charge in [0, 0.05) is 19.6 Å². The van der Waals surface area contributed by atoms with E-state index in [0.29, 0.717) is 29.8 Å². The maximum Gasteiger partial charge on any atom is 0.284 e. The number of hydrogen-bond acceptors (Lipinski definition) is 7. The number of nitrogens with zero attached hydrogens (tertiary/aromatic N) is 3. The number of carbonyl (C=O) groups is 1. The van der Waals surface area contributed by atoms with Gasteiger partial charge in [0.2, 0.25) is 10.1 Å². The van der Waals surface area contributed by atoms with Crippen LogP contribution in [0.25, 0.3) is 0 Å². The van der Waals surface area contributed by atoms with Gasteiger partial charge in [0.1, 0.15) is 0 Å². The number of ether oxygens (including phenoxy) is 1. The van der Waals surface area contributed by atoms with Gasteiger partial charge in [-0.15, -0.1) is 10.2 Å². The Kier molecular flexibility index (Phi) is 6.34. The number of likely N-dealkylation sites (tertiary alicyclic amines) is 1. The van der Waals surface area contributed by atoms with Gasteiger partial charge in [-0.05, 0) is 19.3 Å². The molecular weight excluding hydrogens is 292 g/mol. The normalized spacial score (nSPS) is 16.2. The van der Waals surface area contributed by atoms with Crippen molar-refractivity contribution < 1.29 is 14.6 Å². The first-order chi connectivity index (χ1) is 10.2. The maximum absolute atomic E-state index is 12.3. The zero-order valence-electron chi connectivity index (χ0n) is 12.2. The molecule has 1 amide bonds. The van der Waals surface area contributed by atoms with E-state index in [-0.39, 0.29) is 18.6 Å². The molecule has 1 aliphatic rings. The quantitative estimate of drug-likeness (QED) is 0.780. The molecule has 0 atom stereocenters. The van der Waals surface area contributed by atoms with Gasteiger partial charge in [-0.25, -0.2) is 0 Å². The molecule has 8 heteroatoms. The smallest absolute Gasteiger partial charge is 0.284 e. The lowest BCUT2D eigenvalue weighted by Crippen LogP contribution is -2.41. The number of nitrogens with one attached hydrogen (secondary N) is 1. The Morgan fingerprint density at radius 1 is 1.48 bits per heavy atom. The number of anilines is 1. The van der Waals surface area contributed by atoms with Crippen LogP contribution in [-0.4, -0.2) is 65.1 Å². The summed E-state index contributed by atoms with van der Waals surface area (Å²) in [5, 5.41) is 20.9. The zero-order chi connectivity index (χ0) is 15.1. The Morgan fingerprint density at radius 3 is 2.90 bits per heavy atom. The first-order valence-electron chi connectivity index (χ1n) is 7.33. The minimum atomic E-state index is -0.0577. The van der Waals surface area contributed by atoms with Crippen molar-refractivity contribution in [2.24, 2.45) is 0 Å². The van der Waals surface area contributed by atoms with Gasteiger partial charge in [0.25, 0.3) is 5.91 Å². The first kappa shape index (κ1) is 16.1. The van der Waals surface area contributed by atoms with Crippen molar-refractivity contribution in [3.05, 3.63) is 5.01 Å². The molecule has 2 heterocycles. The molecule has 2 rings (SSSR count). The second-order valence-electron chi connectivity index (χ2n) is 4.93. The highest BCUT2D eigenvalue weighted by Crippen LogP contribution is 2.20.